The highest BCUT2D eigenvalue weighted by molar-refractivity contribution is 7.15. The van der Waals surface area contributed by atoms with E-state index < -0.39 is 11.9 Å². The van der Waals surface area contributed by atoms with Crippen LogP contribution in [0, 0.1) is 13.8 Å². The summed E-state index contributed by atoms with van der Waals surface area (Å²) < 4.78 is 10.9. The molecule has 158 valence electrons. The van der Waals surface area contributed by atoms with E-state index in [0.717, 1.165) is 27.6 Å². The van der Waals surface area contributed by atoms with Gasteiger partial charge in [-0.2, -0.15) is 0 Å². The molecule has 1 amide bonds. The van der Waals surface area contributed by atoms with Crippen molar-refractivity contribution in [2.24, 2.45) is 0 Å². The summed E-state index contributed by atoms with van der Waals surface area (Å²) in [6, 6.07) is 12.8. The molecule has 2 heterocycles. The quantitative estimate of drug-likeness (QED) is 0.335. The summed E-state index contributed by atoms with van der Waals surface area (Å²) in [6.07, 6.45) is 0. The van der Waals surface area contributed by atoms with Gasteiger partial charge in [0.15, 0.2) is 5.76 Å². The Kier molecular flexibility index (Phi) is 5.85. The molecule has 0 saturated carbocycles. The largest absolute Gasteiger partial charge is 0.462 e. The smallest absolute Gasteiger partial charge is 0.341 e. The molecule has 0 spiro atoms. The highest BCUT2D eigenvalue weighted by Crippen LogP contribution is 2.38. The molecule has 0 atom stereocenters. The number of esters is 1. The minimum atomic E-state index is -0.481. The molecule has 31 heavy (non-hydrogen) atoms. The predicted molar refractivity (Wildman–Crippen MR) is 124 cm³/mol. The Hall–Kier alpha value is -3.09. The van der Waals surface area contributed by atoms with Crippen molar-refractivity contribution in [3.8, 4) is 11.1 Å². The average Bonchev–Trinajstić information content (AvgIpc) is 3.32. The van der Waals surface area contributed by atoms with Crippen molar-refractivity contribution < 1.29 is 18.7 Å². The number of nitrogens with one attached hydrogen (secondary N) is 1. The van der Waals surface area contributed by atoms with Crippen LogP contribution in [0.1, 0.15) is 39.0 Å². The van der Waals surface area contributed by atoms with Crippen LogP contribution >= 0.6 is 22.9 Å². The molecular formula is C24H20ClNO4S. The summed E-state index contributed by atoms with van der Waals surface area (Å²) in [5.74, 6) is -0.800. The van der Waals surface area contributed by atoms with E-state index in [1.165, 1.54) is 11.3 Å². The summed E-state index contributed by atoms with van der Waals surface area (Å²) >= 11 is 7.29. The monoisotopic (exact) mass is 453 g/mol. The average molecular weight is 454 g/mol. The third-order valence-corrected chi connectivity index (χ3v) is 6.00. The lowest BCUT2D eigenvalue weighted by Crippen LogP contribution is -2.14. The number of ether oxygens (including phenoxy) is 1. The molecule has 4 rings (SSSR count). The van der Waals surface area contributed by atoms with Crippen LogP contribution in [0.3, 0.4) is 0 Å². The highest BCUT2D eigenvalue weighted by Gasteiger charge is 2.25. The molecule has 2 aromatic carbocycles. The van der Waals surface area contributed by atoms with Gasteiger partial charge in [-0.15, -0.1) is 11.3 Å². The van der Waals surface area contributed by atoms with Gasteiger partial charge >= 0.3 is 5.97 Å². The molecular weight excluding hydrogens is 434 g/mol. The third-order valence-electron chi connectivity index (χ3n) is 4.87. The maximum atomic E-state index is 12.9. The standard InChI is InChI=1S/C24H20ClNO4S/c1-4-29-24(28)21-18(17-7-5-13(2)9-14(17)3)12-31-23(21)26-22(27)20-11-15-10-16(25)6-8-19(15)30-20/h5-12H,4H2,1-3H3,(H,26,27). The Morgan fingerprint density at radius 1 is 1.10 bits per heavy atom. The molecule has 0 aliphatic heterocycles. The fourth-order valence-electron chi connectivity index (χ4n) is 3.46. The number of carbonyl (C=O) groups excluding carboxylic acids is 2. The fraction of sp³-hybridized carbons (Fsp3) is 0.167. The Labute approximate surface area is 188 Å². The van der Waals surface area contributed by atoms with Gasteiger partial charge in [-0.1, -0.05) is 35.4 Å². The number of thiophene rings is 1. The minimum absolute atomic E-state index is 0.133. The van der Waals surface area contributed by atoms with Crippen molar-refractivity contribution >= 4 is 50.8 Å². The molecule has 5 nitrogen and oxygen atoms in total. The number of aryl methyl sites for hydroxylation is 2. The summed E-state index contributed by atoms with van der Waals surface area (Å²) in [7, 11) is 0. The normalized spacial score (nSPS) is 11.0. The number of rotatable bonds is 5. The molecule has 0 fully saturated rings. The van der Waals surface area contributed by atoms with Gasteiger partial charge in [0.1, 0.15) is 16.1 Å². The number of amides is 1. The Bertz CT molecular complexity index is 1300. The number of halogens is 1. The van der Waals surface area contributed by atoms with Crippen molar-refractivity contribution in [1.29, 1.82) is 0 Å². The number of furan rings is 1. The first-order valence-corrected chi connectivity index (χ1v) is 11.0. The van der Waals surface area contributed by atoms with E-state index in [1.54, 1.807) is 31.2 Å². The van der Waals surface area contributed by atoms with E-state index >= 15 is 0 Å². The van der Waals surface area contributed by atoms with Crippen molar-refractivity contribution in [3.63, 3.8) is 0 Å². The van der Waals surface area contributed by atoms with Gasteiger partial charge < -0.3 is 14.5 Å². The first-order valence-electron chi connectivity index (χ1n) is 9.74. The van der Waals surface area contributed by atoms with Crippen molar-refractivity contribution in [2.75, 3.05) is 11.9 Å². The molecule has 2 aromatic heterocycles. The number of fused-ring (bicyclic) bond motifs is 1. The summed E-state index contributed by atoms with van der Waals surface area (Å²) in [5, 5.41) is 6.37. The molecule has 1 N–H and O–H groups in total. The van der Waals surface area contributed by atoms with Crippen LogP contribution in [0.4, 0.5) is 5.00 Å². The van der Waals surface area contributed by atoms with Crippen LogP contribution in [0.5, 0.6) is 0 Å². The van der Waals surface area contributed by atoms with Crippen molar-refractivity contribution in [2.45, 2.75) is 20.8 Å². The number of carbonyl (C=O) groups is 2. The van der Waals surface area contributed by atoms with Crippen LogP contribution in [0.2, 0.25) is 5.02 Å². The lowest BCUT2D eigenvalue weighted by atomic mass is 9.97. The Morgan fingerprint density at radius 3 is 2.65 bits per heavy atom. The molecule has 0 saturated heterocycles. The Balaban J connectivity index is 1.72. The highest BCUT2D eigenvalue weighted by atomic mass is 35.5. The van der Waals surface area contributed by atoms with Gasteiger partial charge in [0.2, 0.25) is 0 Å². The minimum Gasteiger partial charge on any atom is -0.462 e. The first-order chi connectivity index (χ1) is 14.9. The molecule has 7 heteroatoms. The molecule has 4 aromatic rings. The van der Waals surface area contributed by atoms with Crippen LogP contribution in [0.25, 0.3) is 22.1 Å². The zero-order chi connectivity index (χ0) is 22.1. The van der Waals surface area contributed by atoms with E-state index in [0.29, 0.717) is 21.2 Å². The number of anilines is 1. The van der Waals surface area contributed by atoms with E-state index in [2.05, 4.69) is 11.4 Å². The zero-order valence-corrected chi connectivity index (χ0v) is 18.8. The van der Waals surface area contributed by atoms with Crippen molar-refractivity contribution in [3.05, 3.63) is 75.3 Å². The maximum absolute atomic E-state index is 12.9. The van der Waals surface area contributed by atoms with Crippen molar-refractivity contribution in [1.82, 2.24) is 0 Å². The van der Waals surface area contributed by atoms with Crippen LogP contribution in [0.15, 0.2) is 52.3 Å². The lowest BCUT2D eigenvalue weighted by Gasteiger charge is -2.10. The third kappa shape index (κ3) is 4.22. The van der Waals surface area contributed by atoms with E-state index in [4.69, 9.17) is 20.8 Å². The van der Waals surface area contributed by atoms with Gasteiger partial charge in [-0.3, -0.25) is 4.79 Å². The second-order valence-corrected chi connectivity index (χ2v) is 8.46. The lowest BCUT2D eigenvalue weighted by molar-refractivity contribution is 0.0529. The molecule has 0 bridgehead atoms. The second-order valence-electron chi connectivity index (χ2n) is 7.14. The van der Waals surface area contributed by atoms with Crippen LogP contribution < -0.4 is 5.32 Å². The fourth-order valence-corrected chi connectivity index (χ4v) is 4.58. The topological polar surface area (TPSA) is 68.5 Å². The van der Waals surface area contributed by atoms with Crippen LogP contribution in [-0.4, -0.2) is 18.5 Å². The summed E-state index contributed by atoms with van der Waals surface area (Å²) in [5.41, 5.74) is 4.72. The predicted octanol–water partition coefficient (Wildman–Crippen LogP) is 6.86. The van der Waals surface area contributed by atoms with Gasteiger partial charge in [0.05, 0.1) is 6.61 Å². The number of benzene rings is 2. The van der Waals surface area contributed by atoms with E-state index in [1.807, 2.05) is 31.4 Å². The van der Waals surface area contributed by atoms with Crippen LogP contribution in [-0.2, 0) is 4.74 Å². The maximum Gasteiger partial charge on any atom is 0.341 e. The van der Waals surface area contributed by atoms with E-state index in [9.17, 15) is 9.59 Å². The zero-order valence-electron chi connectivity index (χ0n) is 17.2. The van der Waals surface area contributed by atoms with E-state index in [-0.39, 0.29) is 12.4 Å². The second kappa shape index (κ2) is 8.57. The molecule has 0 aliphatic rings. The van der Waals surface area contributed by atoms with Gasteiger partial charge in [-0.05, 0) is 56.2 Å². The first kappa shape index (κ1) is 21.2. The van der Waals surface area contributed by atoms with Gasteiger partial charge in [-0.25, -0.2) is 4.79 Å². The molecule has 0 radical (unpaired) electrons. The number of hydrogen-bond donors (Lipinski definition) is 1. The summed E-state index contributed by atoms with van der Waals surface area (Å²) in [4.78, 5) is 25.7. The Morgan fingerprint density at radius 2 is 1.90 bits per heavy atom. The SMILES string of the molecule is CCOC(=O)c1c(-c2ccc(C)cc2C)csc1NC(=O)c1cc2cc(Cl)ccc2o1. The van der Waals surface area contributed by atoms with Gasteiger partial charge in [0, 0.05) is 21.4 Å². The summed E-state index contributed by atoms with van der Waals surface area (Å²) in [6.45, 7) is 5.99. The molecule has 0 unspecified atom stereocenters. The molecule has 0 aliphatic carbocycles. The van der Waals surface area contributed by atoms with Gasteiger partial charge in [0.25, 0.3) is 5.91 Å². The number of hydrogen-bond acceptors (Lipinski definition) is 5.